The van der Waals surface area contributed by atoms with Crippen LogP contribution >= 0.6 is 0 Å². The number of fused-ring (bicyclic) bond motifs is 1. The van der Waals surface area contributed by atoms with E-state index in [1.54, 1.807) is 19.1 Å². The van der Waals surface area contributed by atoms with Crippen molar-refractivity contribution in [2.75, 3.05) is 0 Å². The molecule has 1 aromatic carbocycles. The molecule has 5 heteroatoms. The number of carbonyl (C=O) groups excluding carboxylic acids is 2. The Labute approximate surface area is 141 Å². The number of hydrogen-bond donors (Lipinski definition) is 1. The topological polar surface area (TPSA) is 68.5 Å². The van der Waals surface area contributed by atoms with Gasteiger partial charge >= 0.3 is 5.97 Å². The average Bonchev–Trinajstić information content (AvgIpc) is 3.01. The van der Waals surface area contributed by atoms with Crippen molar-refractivity contribution in [3.05, 3.63) is 36.1 Å². The van der Waals surface area contributed by atoms with Crippen LogP contribution in [0, 0.1) is 5.92 Å². The summed E-state index contributed by atoms with van der Waals surface area (Å²) in [6.45, 7) is 3.73. The number of nitrogens with one attached hydrogen (secondary N) is 1. The minimum atomic E-state index is -0.847. The summed E-state index contributed by atoms with van der Waals surface area (Å²) in [7, 11) is 0. The van der Waals surface area contributed by atoms with Gasteiger partial charge in [-0.25, -0.2) is 4.79 Å². The van der Waals surface area contributed by atoms with Crippen LogP contribution in [0.2, 0.25) is 0 Å². The van der Waals surface area contributed by atoms with Crippen LogP contribution < -0.4 is 5.32 Å². The molecule has 1 heterocycles. The lowest BCUT2D eigenvalue weighted by atomic mass is 9.86. The first-order valence-corrected chi connectivity index (χ1v) is 8.54. The van der Waals surface area contributed by atoms with Gasteiger partial charge in [-0.1, -0.05) is 38.0 Å². The van der Waals surface area contributed by atoms with Gasteiger partial charge in [0.05, 0.1) is 0 Å². The lowest BCUT2D eigenvalue weighted by molar-refractivity contribution is -0.130. The molecular weight excluding hydrogens is 306 g/mol. The Balaban J connectivity index is 1.59. The van der Waals surface area contributed by atoms with Gasteiger partial charge in [0, 0.05) is 11.4 Å². The second-order valence-corrected chi connectivity index (χ2v) is 6.57. The molecule has 1 fully saturated rings. The number of para-hydroxylation sites is 1. The Morgan fingerprint density at radius 2 is 2.00 bits per heavy atom. The van der Waals surface area contributed by atoms with Crippen LogP contribution in [0.15, 0.2) is 34.7 Å². The van der Waals surface area contributed by atoms with E-state index in [-0.39, 0.29) is 17.7 Å². The van der Waals surface area contributed by atoms with Crippen molar-refractivity contribution >= 4 is 22.8 Å². The summed E-state index contributed by atoms with van der Waals surface area (Å²) in [5.74, 6) is -0.299. The molecule has 3 atom stereocenters. The fourth-order valence-corrected chi connectivity index (χ4v) is 3.19. The third kappa shape index (κ3) is 3.61. The monoisotopic (exact) mass is 329 g/mol. The molecule has 24 heavy (non-hydrogen) atoms. The fraction of sp³-hybridized carbons (Fsp3) is 0.474. The summed E-state index contributed by atoms with van der Waals surface area (Å²) in [6.07, 6.45) is 3.60. The van der Waals surface area contributed by atoms with Crippen LogP contribution in [0.3, 0.4) is 0 Å². The Morgan fingerprint density at radius 1 is 1.25 bits per heavy atom. The van der Waals surface area contributed by atoms with Crippen molar-refractivity contribution in [2.24, 2.45) is 5.92 Å². The van der Waals surface area contributed by atoms with E-state index in [9.17, 15) is 9.59 Å². The molecule has 0 unspecified atom stereocenters. The maximum atomic E-state index is 12.3. The van der Waals surface area contributed by atoms with Gasteiger partial charge in [0.1, 0.15) is 5.58 Å². The number of benzene rings is 1. The lowest BCUT2D eigenvalue weighted by Crippen LogP contribution is -2.45. The number of ether oxygens (including phenoxy) is 1. The maximum Gasteiger partial charge on any atom is 0.375 e. The third-order valence-electron chi connectivity index (χ3n) is 4.72. The molecule has 1 N–H and O–H groups in total. The maximum absolute atomic E-state index is 12.3. The summed E-state index contributed by atoms with van der Waals surface area (Å²) in [4.78, 5) is 24.5. The van der Waals surface area contributed by atoms with Crippen molar-refractivity contribution in [1.29, 1.82) is 0 Å². The van der Waals surface area contributed by atoms with Gasteiger partial charge in [-0.2, -0.15) is 0 Å². The van der Waals surface area contributed by atoms with E-state index in [0.717, 1.165) is 24.6 Å². The number of esters is 1. The zero-order valence-electron chi connectivity index (χ0n) is 14.1. The molecule has 0 saturated heterocycles. The van der Waals surface area contributed by atoms with E-state index in [4.69, 9.17) is 9.15 Å². The Morgan fingerprint density at radius 3 is 2.75 bits per heavy atom. The summed E-state index contributed by atoms with van der Waals surface area (Å²) in [5.41, 5.74) is 0.623. The predicted molar refractivity (Wildman–Crippen MR) is 90.7 cm³/mol. The molecule has 0 spiro atoms. The molecule has 0 bridgehead atoms. The second-order valence-electron chi connectivity index (χ2n) is 6.57. The highest BCUT2D eigenvalue weighted by atomic mass is 16.6. The van der Waals surface area contributed by atoms with Gasteiger partial charge in [0.25, 0.3) is 5.91 Å². The molecular formula is C19H23NO4. The van der Waals surface area contributed by atoms with Gasteiger partial charge in [0.2, 0.25) is 5.76 Å². The van der Waals surface area contributed by atoms with Crippen LogP contribution in [-0.2, 0) is 9.53 Å². The van der Waals surface area contributed by atoms with Crippen molar-refractivity contribution in [3.8, 4) is 0 Å². The van der Waals surface area contributed by atoms with Crippen LogP contribution in [0.4, 0.5) is 0 Å². The summed E-state index contributed by atoms with van der Waals surface area (Å²) < 4.78 is 10.7. The van der Waals surface area contributed by atoms with E-state index in [0.29, 0.717) is 11.5 Å². The van der Waals surface area contributed by atoms with Crippen molar-refractivity contribution in [2.45, 2.75) is 51.7 Å². The quantitative estimate of drug-likeness (QED) is 0.869. The first-order chi connectivity index (χ1) is 11.5. The van der Waals surface area contributed by atoms with E-state index in [2.05, 4.69) is 12.2 Å². The molecule has 5 nitrogen and oxygen atoms in total. The Bertz CT molecular complexity index is 703. The van der Waals surface area contributed by atoms with E-state index in [1.165, 1.54) is 6.42 Å². The molecule has 2 aromatic rings. The van der Waals surface area contributed by atoms with Crippen molar-refractivity contribution < 1.29 is 18.7 Å². The van der Waals surface area contributed by atoms with Gasteiger partial charge in [-0.3, -0.25) is 4.79 Å². The van der Waals surface area contributed by atoms with Crippen molar-refractivity contribution in [3.63, 3.8) is 0 Å². The standard InChI is InChI=1S/C19H23NO4/c1-12-7-3-5-9-15(12)20-18(21)13(2)23-19(22)17-11-14-8-4-6-10-16(14)24-17/h4,6,8,10-13,15H,3,5,7,9H2,1-2H3,(H,20,21)/t12-,13+,15-/m0/s1. The smallest absolute Gasteiger partial charge is 0.375 e. The summed E-state index contributed by atoms with van der Waals surface area (Å²) >= 11 is 0. The first kappa shape index (κ1) is 16.6. The van der Waals surface area contributed by atoms with Gasteiger partial charge < -0.3 is 14.5 Å². The molecule has 1 aliphatic carbocycles. The zero-order valence-corrected chi connectivity index (χ0v) is 14.1. The normalized spacial score (nSPS) is 22.1. The average molecular weight is 329 g/mol. The van der Waals surface area contributed by atoms with Crippen molar-refractivity contribution in [1.82, 2.24) is 5.32 Å². The molecule has 3 rings (SSSR count). The summed E-state index contributed by atoms with van der Waals surface area (Å²) in [6, 6.07) is 9.14. The highest BCUT2D eigenvalue weighted by molar-refractivity contribution is 5.94. The van der Waals surface area contributed by atoms with E-state index < -0.39 is 12.1 Å². The minimum Gasteiger partial charge on any atom is -0.449 e. The molecule has 128 valence electrons. The molecule has 1 aliphatic rings. The Hall–Kier alpha value is -2.30. The number of rotatable bonds is 4. The number of furan rings is 1. The van der Waals surface area contributed by atoms with Gasteiger partial charge in [-0.05, 0) is 37.8 Å². The SMILES string of the molecule is C[C@@H](OC(=O)c1cc2ccccc2o1)C(=O)N[C@H]1CCCC[C@@H]1C. The van der Waals surface area contributed by atoms with Gasteiger partial charge in [0.15, 0.2) is 6.10 Å². The molecule has 0 radical (unpaired) electrons. The minimum absolute atomic E-state index is 0.113. The number of amides is 1. The van der Waals surface area contributed by atoms with E-state index in [1.807, 2.05) is 18.2 Å². The zero-order chi connectivity index (χ0) is 17.1. The lowest BCUT2D eigenvalue weighted by Gasteiger charge is -2.30. The summed E-state index contributed by atoms with van der Waals surface area (Å²) in [5, 5.41) is 3.84. The van der Waals surface area contributed by atoms with Crippen LogP contribution in [-0.4, -0.2) is 24.0 Å². The fourth-order valence-electron chi connectivity index (χ4n) is 3.19. The van der Waals surface area contributed by atoms with Crippen LogP contribution in [0.25, 0.3) is 11.0 Å². The highest BCUT2D eigenvalue weighted by Gasteiger charge is 2.27. The van der Waals surface area contributed by atoms with Gasteiger partial charge in [-0.15, -0.1) is 0 Å². The molecule has 1 amide bonds. The molecule has 1 aromatic heterocycles. The number of carbonyl (C=O) groups is 2. The first-order valence-electron chi connectivity index (χ1n) is 8.54. The second kappa shape index (κ2) is 7.07. The Kier molecular flexibility index (Phi) is 4.88. The van der Waals surface area contributed by atoms with E-state index >= 15 is 0 Å². The van der Waals surface area contributed by atoms with Crippen LogP contribution in [0.1, 0.15) is 50.1 Å². The van der Waals surface area contributed by atoms with Crippen LogP contribution in [0.5, 0.6) is 0 Å². The molecule has 0 aliphatic heterocycles. The molecule has 1 saturated carbocycles. The third-order valence-corrected chi connectivity index (χ3v) is 4.72. The highest BCUT2D eigenvalue weighted by Crippen LogP contribution is 2.24. The number of hydrogen-bond acceptors (Lipinski definition) is 4. The largest absolute Gasteiger partial charge is 0.449 e. The predicted octanol–water partition coefficient (Wildman–Crippen LogP) is 3.67.